The normalized spacial score (nSPS) is 54.5. The number of ether oxygens (including phenoxy) is 4. The van der Waals surface area contributed by atoms with Crippen molar-refractivity contribution >= 4 is 5.97 Å². The molecular formula is C30H46O8. The number of carbonyl (C=O) groups is 1. The van der Waals surface area contributed by atoms with Crippen molar-refractivity contribution in [1.29, 1.82) is 0 Å². The minimum atomic E-state index is -1.04. The molecule has 0 bridgehead atoms. The van der Waals surface area contributed by atoms with E-state index < -0.39 is 36.3 Å². The molecule has 0 spiro atoms. The molecule has 3 N–H and O–H groups in total. The van der Waals surface area contributed by atoms with Crippen LogP contribution in [0.1, 0.15) is 78.6 Å². The Hall–Kier alpha value is -1.03. The van der Waals surface area contributed by atoms with Crippen molar-refractivity contribution in [3.63, 3.8) is 0 Å². The molecule has 0 radical (unpaired) electrons. The molecule has 6 aliphatic rings. The Morgan fingerprint density at radius 3 is 2.50 bits per heavy atom. The second-order valence-electron chi connectivity index (χ2n) is 13.7. The van der Waals surface area contributed by atoms with Crippen LogP contribution in [-0.4, -0.2) is 77.4 Å². The summed E-state index contributed by atoms with van der Waals surface area (Å²) in [6.45, 7) is 6.87. The van der Waals surface area contributed by atoms with Gasteiger partial charge >= 0.3 is 5.97 Å². The molecule has 38 heavy (non-hydrogen) atoms. The van der Waals surface area contributed by atoms with E-state index in [9.17, 15) is 20.1 Å². The fraction of sp³-hybridized carbons (Fsp3) is 0.900. The first-order valence-corrected chi connectivity index (χ1v) is 14.8. The second-order valence-corrected chi connectivity index (χ2v) is 13.7. The van der Waals surface area contributed by atoms with E-state index in [2.05, 4.69) is 13.8 Å². The van der Waals surface area contributed by atoms with Crippen LogP contribution < -0.4 is 0 Å². The van der Waals surface area contributed by atoms with Gasteiger partial charge in [0.1, 0.15) is 24.9 Å². The van der Waals surface area contributed by atoms with Crippen LogP contribution in [0.3, 0.4) is 0 Å². The smallest absolute Gasteiger partial charge is 0.331 e. The van der Waals surface area contributed by atoms with Crippen molar-refractivity contribution in [2.75, 3.05) is 13.7 Å². The topological polar surface area (TPSA) is 115 Å². The predicted octanol–water partition coefficient (Wildman–Crippen LogP) is 3.11. The van der Waals surface area contributed by atoms with Gasteiger partial charge < -0.3 is 34.3 Å². The van der Waals surface area contributed by atoms with Crippen molar-refractivity contribution in [3.05, 3.63) is 11.6 Å². The molecule has 214 valence electrons. The van der Waals surface area contributed by atoms with Gasteiger partial charge in [-0.3, -0.25) is 0 Å². The standard InChI is InChI=1S/C30H46O8/c1-16-24(32)26(35-4)25(33)27(37-16)38-19-7-10-28(2)18(14-19)5-6-22-21(28)8-11-29(3)20(9-12-30(22,29)34)17-13-23(31)36-15-17/h13,16,18-22,24-27,32-34H,5-12,14-15H2,1-4H3/t16-,18-,19-,20-,21+,22-,24-,25+,26+,27+,28+,29-,30-/m1/s1. The number of hydrogen-bond acceptors (Lipinski definition) is 8. The third-order valence-electron chi connectivity index (χ3n) is 12.3. The molecule has 0 aromatic heterocycles. The number of aliphatic hydroxyl groups excluding tert-OH is 2. The maximum Gasteiger partial charge on any atom is 0.331 e. The Balaban J connectivity index is 1.16. The Morgan fingerprint density at radius 1 is 1.00 bits per heavy atom. The summed E-state index contributed by atoms with van der Waals surface area (Å²) in [5.41, 5.74) is 0.300. The van der Waals surface area contributed by atoms with Crippen molar-refractivity contribution in [2.45, 2.75) is 121 Å². The number of carbonyl (C=O) groups excluding carboxylic acids is 1. The summed E-state index contributed by atoms with van der Waals surface area (Å²) in [6.07, 6.45) is 6.45. The highest BCUT2D eigenvalue weighted by Gasteiger charge is 2.67. The van der Waals surface area contributed by atoms with Gasteiger partial charge in [-0.25, -0.2) is 4.79 Å². The first-order chi connectivity index (χ1) is 18.0. The van der Waals surface area contributed by atoms with Crippen molar-refractivity contribution in [3.8, 4) is 0 Å². The van der Waals surface area contributed by atoms with Crippen LogP contribution in [-0.2, 0) is 23.7 Å². The van der Waals surface area contributed by atoms with Gasteiger partial charge in [0.25, 0.3) is 0 Å². The summed E-state index contributed by atoms with van der Waals surface area (Å²) in [6, 6.07) is 0. The number of esters is 1. The number of hydrogen-bond donors (Lipinski definition) is 3. The lowest BCUT2D eigenvalue weighted by Crippen LogP contribution is -2.62. The van der Waals surface area contributed by atoms with Gasteiger partial charge in [-0.1, -0.05) is 13.8 Å². The molecule has 8 nitrogen and oxygen atoms in total. The van der Waals surface area contributed by atoms with Crippen LogP contribution in [0.2, 0.25) is 0 Å². The van der Waals surface area contributed by atoms with Gasteiger partial charge in [0.2, 0.25) is 0 Å². The van der Waals surface area contributed by atoms with Crippen molar-refractivity contribution < 1.29 is 39.1 Å². The zero-order valence-electron chi connectivity index (χ0n) is 23.3. The Kier molecular flexibility index (Phi) is 6.80. The van der Waals surface area contributed by atoms with Crippen LogP contribution in [0.25, 0.3) is 0 Å². The zero-order chi connectivity index (χ0) is 27.0. The van der Waals surface area contributed by atoms with Gasteiger partial charge in [0.05, 0.1) is 17.8 Å². The maximum atomic E-state index is 12.4. The first kappa shape index (κ1) is 27.2. The monoisotopic (exact) mass is 534 g/mol. The molecule has 6 rings (SSSR count). The fourth-order valence-corrected chi connectivity index (χ4v) is 10.1. The highest BCUT2D eigenvalue weighted by atomic mass is 16.7. The number of methoxy groups -OCH3 is 1. The van der Waals surface area contributed by atoms with Crippen molar-refractivity contribution in [2.24, 2.45) is 34.5 Å². The quantitative estimate of drug-likeness (QED) is 0.372. The van der Waals surface area contributed by atoms with Crippen LogP contribution in [0.5, 0.6) is 0 Å². The summed E-state index contributed by atoms with van der Waals surface area (Å²) in [5, 5.41) is 33.5. The average Bonchev–Trinajstić information content (AvgIpc) is 3.43. The third kappa shape index (κ3) is 3.88. The molecule has 1 saturated heterocycles. The highest BCUT2D eigenvalue weighted by molar-refractivity contribution is 5.85. The van der Waals surface area contributed by atoms with E-state index in [1.54, 1.807) is 13.0 Å². The van der Waals surface area contributed by atoms with Gasteiger partial charge in [0, 0.05) is 18.6 Å². The SMILES string of the molecule is CO[C@@H]1[C@H](O)[C@H](O[C@@H]2CC[C@@]3(C)[C@H](CC[C@@H]4[C@@H]3CC[C@]3(C)[C@@H](C5=CC(=O)OC5)CC[C@@]43O)C2)O[C@H](C)[C@H]1O. The minimum absolute atomic E-state index is 0.0103. The van der Waals surface area contributed by atoms with Crippen molar-refractivity contribution in [1.82, 2.24) is 0 Å². The molecule has 0 unspecified atom stereocenters. The van der Waals surface area contributed by atoms with E-state index >= 15 is 0 Å². The molecule has 2 heterocycles. The average molecular weight is 535 g/mol. The summed E-state index contributed by atoms with van der Waals surface area (Å²) < 4.78 is 22.8. The second kappa shape index (κ2) is 9.52. The number of rotatable bonds is 4. The van der Waals surface area contributed by atoms with Gasteiger partial charge in [0.15, 0.2) is 6.29 Å². The largest absolute Gasteiger partial charge is 0.458 e. The predicted molar refractivity (Wildman–Crippen MR) is 138 cm³/mol. The molecule has 13 atom stereocenters. The molecule has 5 fully saturated rings. The van der Waals surface area contributed by atoms with Crippen LogP contribution >= 0.6 is 0 Å². The lowest BCUT2D eigenvalue weighted by atomic mass is 9.43. The van der Waals surface area contributed by atoms with Gasteiger partial charge in [-0.15, -0.1) is 0 Å². The maximum absolute atomic E-state index is 12.4. The van der Waals surface area contributed by atoms with Crippen LogP contribution in [0.15, 0.2) is 11.6 Å². The summed E-state index contributed by atoms with van der Waals surface area (Å²) in [7, 11) is 1.49. The Labute approximate surface area is 226 Å². The Bertz CT molecular complexity index is 968. The lowest BCUT2D eigenvalue weighted by molar-refractivity contribution is -0.313. The van der Waals surface area contributed by atoms with Gasteiger partial charge in [-0.2, -0.15) is 0 Å². The van der Waals surface area contributed by atoms with E-state index in [4.69, 9.17) is 18.9 Å². The van der Waals surface area contributed by atoms with Gasteiger partial charge in [-0.05, 0) is 99.4 Å². The highest BCUT2D eigenvalue weighted by Crippen LogP contribution is 2.70. The molecule has 0 aromatic carbocycles. The molecule has 8 heteroatoms. The van der Waals surface area contributed by atoms with E-state index in [-0.39, 0.29) is 34.7 Å². The Morgan fingerprint density at radius 2 is 1.79 bits per heavy atom. The molecule has 2 aliphatic heterocycles. The number of fused-ring (bicyclic) bond motifs is 5. The zero-order valence-corrected chi connectivity index (χ0v) is 23.3. The minimum Gasteiger partial charge on any atom is -0.458 e. The molecule has 0 aromatic rings. The molecule has 4 saturated carbocycles. The van der Waals surface area contributed by atoms with E-state index in [0.717, 1.165) is 63.4 Å². The first-order valence-electron chi connectivity index (χ1n) is 14.8. The third-order valence-corrected chi connectivity index (χ3v) is 12.3. The summed E-state index contributed by atoms with van der Waals surface area (Å²) >= 11 is 0. The van der Waals surface area contributed by atoms with E-state index in [1.165, 1.54) is 7.11 Å². The number of cyclic esters (lactones) is 1. The van der Waals surface area contributed by atoms with E-state index in [0.29, 0.717) is 18.4 Å². The fourth-order valence-electron chi connectivity index (χ4n) is 10.1. The van der Waals surface area contributed by atoms with E-state index in [1.807, 2.05) is 0 Å². The molecule has 0 amide bonds. The molecule has 4 aliphatic carbocycles. The summed E-state index contributed by atoms with van der Waals surface area (Å²) in [5.74, 6) is 1.22. The lowest BCUT2D eigenvalue weighted by Gasteiger charge is -2.64. The van der Waals surface area contributed by atoms with Crippen LogP contribution in [0.4, 0.5) is 0 Å². The summed E-state index contributed by atoms with van der Waals surface area (Å²) in [4.78, 5) is 11.8. The molecular weight excluding hydrogens is 488 g/mol. The number of aliphatic hydroxyl groups is 3. The van der Waals surface area contributed by atoms with Crippen LogP contribution in [0, 0.1) is 34.5 Å².